The molecule has 0 saturated carbocycles. The first-order valence-corrected chi connectivity index (χ1v) is 10.5. The highest BCUT2D eigenvalue weighted by Crippen LogP contribution is 2.36. The highest BCUT2D eigenvalue weighted by atomic mass is 79.9. The van der Waals surface area contributed by atoms with Crippen LogP contribution in [0, 0.1) is 0 Å². The van der Waals surface area contributed by atoms with Crippen LogP contribution >= 0.6 is 15.9 Å². The van der Waals surface area contributed by atoms with Gasteiger partial charge in [-0.3, -0.25) is 4.90 Å². The molecule has 0 saturated heterocycles. The molecule has 8 heteroatoms. The van der Waals surface area contributed by atoms with Gasteiger partial charge in [0.25, 0.3) is 0 Å². The van der Waals surface area contributed by atoms with Gasteiger partial charge in [0.05, 0.1) is 4.90 Å². The van der Waals surface area contributed by atoms with E-state index in [4.69, 9.17) is 14.6 Å². The van der Waals surface area contributed by atoms with E-state index in [2.05, 4.69) is 27.8 Å². The van der Waals surface area contributed by atoms with Crippen LogP contribution in [0.2, 0.25) is 0 Å². The molecule has 1 atom stereocenters. The summed E-state index contributed by atoms with van der Waals surface area (Å²) in [6.07, 6.45) is 0. The van der Waals surface area contributed by atoms with Crippen molar-refractivity contribution >= 4 is 26.0 Å². The highest BCUT2D eigenvalue weighted by Gasteiger charge is 2.18. The maximum atomic E-state index is 11.4. The zero-order valence-corrected chi connectivity index (χ0v) is 17.0. The molecular formula is C18H21BrN2O4S. The fourth-order valence-corrected chi connectivity index (χ4v) is 3.79. The molecule has 0 spiro atoms. The number of primary sulfonamides is 1. The summed E-state index contributed by atoms with van der Waals surface area (Å²) in [5.74, 6) is 1.51. The van der Waals surface area contributed by atoms with Crippen molar-refractivity contribution in [1.82, 2.24) is 4.90 Å². The Morgan fingerprint density at radius 1 is 1.15 bits per heavy atom. The Kier molecular flexibility index (Phi) is 5.57. The summed E-state index contributed by atoms with van der Waals surface area (Å²) in [6.45, 7) is 3.87. The number of sulfonamides is 1. The topological polar surface area (TPSA) is 81.9 Å². The first kappa shape index (κ1) is 19.2. The van der Waals surface area contributed by atoms with E-state index in [-0.39, 0.29) is 10.9 Å². The van der Waals surface area contributed by atoms with Crippen LogP contribution in [0.4, 0.5) is 0 Å². The van der Waals surface area contributed by atoms with Gasteiger partial charge in [-0.1, -0.05) is 28.1 Å². The van der Waals surface area contributed by atoms with Crippen molar-refractivity contribution in [1.29, 1.82) is 0 Å². The Morgan fingerprint density at radius 3 is 2.31 bits per heavy atom. The van der Waals surface area contributed by atoms with Crippen molar-refractivity contribution in [3.63, 3.8) is 0 Å². The van der Waals surface area contributed by atoms with E-state index in [1.807, 2.05) is 19.2 Å². The molecule has 2 aromatic carbocycles. The number of hydrogen-bond donors (Lipinski definition) is 1. The normalized spacial score (nSPS) is 15.1. The molecule has 1 aliphatic rings. The molecule has 0 fully saturated rings. The van der Waals surface area contributed by atoms with Gasteiger partial charge in [-0.2, -0.15) is 0 Å². The molecule has 2 N–H and O–H groups in total. The Hall–Kier alpha value is -1.61. The number of nitrogens with zero attached hydrogens (tertiary/aromatic N) is 1. The lowest BCUT2D eigenvalue weighted by Crippen LogP contribution is -2.23. The fourth-order valence-electron chi connectivity index (χ4n) is 2.82. The van der Waals surface area contributed by atoms with Crippen LogP contribution in [-0.4, -0.2) is 33.6 Å². The largest absolute Gasteiger partial charge is 0.486 e. The second-order valence-electron chi connectivity index (χ2n) is 6.29. The minimum Gasteiger partial charge on any atom is -0.486 e. The van der Waals surface area contributed by atoms with Gasteiger partial charge in [-0.05, 0) is 49.4 Å². The average Bonchev–Trinajstić information content (AvgIpc) is 2.61. The maximum absolute atomic E-state index is 11.4. The van der Waals surface area contributed by atoms with E-state index < -0.39 is 10.0 Å². The number of ether oxygens (including phenoxy) is 2. The monoisotopic (exact) mass is 440 g/mol. The number of hydrogen-bond acceptors (Lipinski definition) is 5. The summed E-state index contributed by atoms with van der Waals surface area (Å²) >= 11 is 3.60. The van der Waals surface area contributed by atoms with Gasteiger partial charge in [0, 0.05) is 17.1 Å². The SMILES string of the molecule is CC(c1ccc(S(N)(=O)=O)cc1)N(C)Cc1cc2c(cc1Br)OCCO2. The Bertz CT molecular complexity index is 900. The molecule has 0 radical (unpaired) electrons. The van der Waals surface area contributed by atoms with Gasteiger partial charge in [0.2, 0.25) is 10.0 Å². The Labute approximate surface area is 162 Å². The molecule has 0 amide bonds. The maximum Gasteiger partial charge on any atom is 0.238 e. The molecule has 3 rings (SSSR count). The summed E-state index contributed by atoms with van der Waals surface area (Å²) in [7, 11) is -1.66. The standard InChI is InChI=1S/C18H21BrN2O4S/c1-12(13-3-5-15(6-4-13)26(20,22)23)21(2)11-14-9-17-18(10-16(14)19)25-8-7-24-17/h3-6,9-10,12H,7-8,11H2,1-2H3,(H2,20,22,23). The van der Waals surface area contributed by atoms with Crippen LogP contribution in [0.5, 0.6) is 11.5 Å². The van der Waals surface area contributed by atoms with Crippen molar-refractivity contribution in [3.05, 3.63) is 52.0 Å². The highest BCUT2D eigenvalue weighted by molar-refractivity contribution is 9.10. The van der Waals surface area contributed by atoms with Crippen LogP contribution in [0.25, 0.3) is 0 Å². The van der Waals surface area contributed by atoms with E-state index in [1.165, 1.54) is 12.1 Å². The molecule has 6 nitrogen and oxygen atoms in total. The van der Waals surface area contributed by atoms with Gasteiger partial charge >= 0.3 is 0 Å². The summed E-state index contributed by atoms with van der Waals surface area (Å²) in [4.78, 5) is 2.29. The molecule has 1 aliphatic heterocycles. The number of benzene rings is 2. The minimum absolute atomic E-state index is 0.0876. The number of nitrogens with two attached hydrogens (primary N) is 1. The zero-order chi connectivity index (χ0) is 18.9. The predicted molar refractivity (Wildman–Crippen MR) is 103 cm³/mol. The molecule has 26 heavy (non-hydrogen) atoms. The van der Waals surface area contributed by atoms with Crippen molar-refractivity contribution in [2.24, 2.45) is 5.14 Å². The summed E-state index contributed by atoms with van der Waals surface area (Å²) < 4.78 is 35.0. The lowest BCUT2D eigenvalue weighted by atomic mass is 10.1. The third-order valence-corrected chi connectivity index (χ3v) is 6.15. The molecule has 0 bridgehead atoms. The van der Waals surface area contributed by atoms with E-state index in [9.17, 15) is 8.42 Å². The summed E-state index contributed by atoms with van der Waals surface area (Å²) in [5, 5.41) is 5.15. The van der Waals surface area contributed by atoms with Crippen molar-refractivity contribution in [2.45, 2.75) is 24.4 Å². The summed E-state index contributed by atoms with van der Waals surface area (Å²) in [6, 6.07) is 10.7. The number of halogens is 1. The van der Waals surface area contributed by atoms with Crippen LogP contribution in [0.1, 0.15) is 24.1 Å². The molecule has 1 heterocycles. The van der Waals surface area contributed by atoms with Gasteiger partial charge in [0.15, 0.2) is 11.5 Å². The van der Waals surface area contributed by atoms with E-state index in [0.717, 1.165) is 27.1 Å². The molecule has 1 unspecified atom stereocenters. The van der Waals surface area contributed by atoms with Crippen LogP contribution in [0.3, 0.4) is 0 Å². The predicted octanol–water partition coefficient (Wildman–Crippen LogP) is 3.06. The fraction of sp³-hybridized carbons (Fsp3) is 0.333. The number of rotatable bonds is 5. The quantitative estimate of drug-likeness (QED) is 0.772. The third-order valence-electron chi connectivity index (χ3n) is 4.48. The first-order chi connectivity index (χ1) is 12.3. The molecule has 0 aromatic heterocycles. The summed E-state index contributed by atoms with van der Waals surface area (Å²) in [5.41, 5.74) is 2.10. The zero-order valence-electron chi connectivity index (χ0n) is 14.6. The third kappa shape index (κ3) is 4.20. The Morgan fingerprint density at radius 2 is 1.73 bits per heavy atom. The van der Waals surface area contributed by atoms with Gasteiger partial charge in [0.1, 0.15) is 13.2 Å². The van der Waals surface area contributed by atoms with Gasteiger partial charge < -0.3 is 9.47 Å². The second kappa shape index (κ2) is 7.56. The van der Waals surface area contributed by atoms with E-state index in [0.29, 0.717) is 19.8 Å². The molecule has 0 aliphatic carbocycles. The molecule has 2 aromatic rings. The lowest BCUT2D eigenvalue weighted by Gasteiger charge is -2.27. The van der Waals surface area contributed by atoms with Gasteiger partial charge in [-0.25, -0.2) is 13.6 Å². The van der Waals surface area contributed by atoms with Gasteiger partial charge in [-0.15, -0.1) is 0 Å². The molecular weight excluding hydrogens is 420 g/mol. The van der Waals surface area contributed by atoms with Crippen LogP contribution < -0.4 is 14.6 Å². The van der Waals surface area contributed by atoms with Crippen LogP contribution in [-0.2, 0) is 16.6 Å². The smallest absolute Gasteiger partial charge is 0.238 e. The minimum atomic E-state index is -3.67. The molecule has 140 valence electrons. The van der Waals surface area contributed by atoms with Crippen molar-refractivity contribution in [2.75, 3.05) is 20.3 Å². The van der Waals surface area contributed by atoms with Crippen molar-refractivity contribution in [3.8, 4) is 11.5 Å². The Balaban J connectivity index is 1.76. The van der Waals surface area contributed by atoms with E-state index in [1.54, 1.807) is 12.1 Å². The first-order valence-electron chi connectivity index (χ1n) is 8.17. The van der Waals surface area contributed by atoms with Crippen LogP contribution in [0.15, 0.2) is 45.8 Å². The average molecular weight is 441 g/mol. The lowest BCUT2D eigenvalue weighted by molar-refractivity contribution is 0.170. The second-order valence-corrected chi connectivity index (χ2v) is 8.71. The van der Waals surface area contributed by atoms with E-state index >= 15 is 0 Å². The van der Waals surface area contributed by atoms with Crippen molar-refractivity contribution < 1.29 is 17.9 Å². The number of fused-ring (bicyclic) bond motifs is 1.